The summed E-state index contributed by atoms with van der Waals surface area (Å²) in [5.74, 6) is 1.80. The fraction of sp³-hybridized carbons (Fsp3) is 0.500. The van der Waals surface area contributed by atoms with E-state index in [1.54, 1.807) is 6.26 Å². The van der Waals surface area contributed by atoms with E-state index in [0.717, 1.165) is 44.4 Å². The molecule has 2 rings (SSSR count). The van der Waals surface area contributed by atoms with Gasteiger partial charge in [-0.25, -0.2) is 4.99 Å². The molecule has 0 radical (unpaired) electrons. The van der Waals surface area contributed by atoms with Crippen LogP contribution in [0.15, 0.2) is 52.1 Å². The molecule has 0 spiro atoms. The smallest absolute Gasteiger partial charge is 0.242 e. The molecule has 0 bridgehead atoms. The third-order valence-electron chi connectivity index (χ3n) is 5.15. The van der Waals surface area contributed by atoms with Crippen molar-refractivity contribution in [3.63, 3.8) is 0 Å². The Morgan fingerprint density at radius 1 is 1.00 bits per heavy atom. The van der Waals surface area contributed by atoms with Crippen LogP contribution in [0, 0.1) is 0 Å². The maximum Gasteiger partial charge on any atom is 0.242 e. The SMILES string of the molecule is CCNC(=NCc1ccccc1CN(C)Cc1ccco1)N(C)CC(=O)N(CC)CC.I. The summed E-state index contributed by atoms with van der Waals surface area (Å²) >= 11 is 0. The van der Waals surface area contributed by atoms with Crippen LogP contribution in [0.25, 0.3) is 0 Å². The number of likely N-dealkylation sites (N-methyl/N-ethyl adjacent to an activating group) is 2. The van der Waals surface area contributed by atoms with Crippen molar-refractivity contribution in [2.45, 2.75) is 40.4 Å². The lowest BCUT2D eigenvalue weighted by molar-refractivity contribution is -0.131. The van der Waals surface area contributed by atoms with Crippen molar-refractivity contribution in [1.29, 1.82) is 0 Å². The van der Waals surface area contributed by atoms with Gasteiger partial charge in [-0.05, 0) is 51.1 Å². The van der Waals surface area contributed by atoms with Gasteiger partial charge < -0.3 is 19.5 Å². The molecule has 2 aromatic rings. The predicted octanol–water partition coefficient (Wildman–Crippen LogP) is 3.80. The van der Waals surface area contributed by atoms with Crippen molar-refractivity contribution in [1.82, 2.24) is 20.0 Å². The Hall–Kier alpha value is -2.07. The lowest BCUT2D eigenvalue weighted by Gasteiger charge is -2.25. The first-order chi connectivity index (χ1) is 15.0. The summed E-state index contributed by atoms with van der Waals surface area (Å²) in [5, 5.41) is 3.31. The van der Waals surface area contributed by atoms with Gasteiger partial charge in [0, 0.05) is 33.2 Å². The maximum absolute atomic E-state index is 12.5. The van der Waals surface area contributed by atoms with E-state index in [1.807, 2.05) is 55.8 Å². The third-order valence-corrected chi connectivity index (χ3v) is 5.15. The first-order valence-corrected chi connectivity index (χ1v) is 11.0. The van der Waals surface area contributed by atoms with Crippen molar-refractivity contribution < 1.29 is 9.21 Å². The van der Waals surface area contributed by atoms with Crippen molar-refractivity contribution in [3.8, 4) is 0 Å². The predicted molar refractivity (Wildman–Crippen MR) is 141 cm³/mol. The molecule has 1 aromatic carbocycles. The zero-order chi connectivity index (χ0) is 22.6. The third kappa shape index (κ3) is 8.82. The lowest BCUT2D eigenvalue weighted by Crippen LogP contribution is -2.45. The van der Waals surface area contributed by atoms with Gasteiger partial charge in [0.2, 0.25) is 5.91 Å². The van der Waals surface area contributed by atoms with Crippen molar-refractivity contribution in [2.24, 2.45) is 4.99 Å². The highest BCUT2D eigenvalue weighted by molar-refractivity contribution is 14.0. The van der Waals surface area contributed by atoms with E-state index in [9.17, 15) is 4.79 Å². The summed E-state index contributed by atoms with van der Waals surface area (Å²) in [5.41, 5.74) is 2.41. The van der Waals surface area contributed by atoms with Crippen LogP contribution in [-0.2, 0) is 24.4 Å². The van der Waals surface area contributed by atoms with Gasteiger partial charge in [0.1, 0.15) is 5.76 Å². The van der Waals surface area contributed by atoms with E-state index < -0.39 is 0 Å². The van der Waals surface area contributed by atoms with E-state index >= 15 is 0 Å². The molecule has 7 nitrogen and oxygen atoms in total. The van der Waals surface area contributed by atoms with Gasteiger partial charge in [0.05, 0.1) is 25.9 Å². The molecular weight excluding hydrogens is 517 g/mol. The van der Waals surface area contributed by atoms with Crippen LogP contribution in [0.3, 0.4) is 0 Å². The number of benzene rings is 1. The maximum atomic E-state index is 12.5. The van der Waals surface area contributed by atoms with E-state index in [0.29, 0.717) is 13.1 Å². The Bertz CT molecular complexity index is 822. The first-order valence-electron chi connectivity index (χ1n) is 11.0. The number of rotatable bonds is 11. The summed E-state index contributed by atoms with van der Waals surface area (Å²) in [6.07, 6.45) is 1.70. The average molecular weight is 556 g/mol. The van der Waals surface area contributed by atoms with E-state index in [4.69, 9.17) is 9.41 Å². The van der Waals surface area contributed by atoms with Crippen LogP contribution in [0.5, 0.6) is 0 Å². The minimum atomic E-state index is 0. The molecule has 32 heavy (non-hydrogen) atoms. The number of nitrogens with one attached hydrogen (secondary N) is 1. The topological polar surface area (TPSA) is 64.3 Å². The largest absolute Gasteiger partial charge is 0.468 e. The molecule has 8 heteroatoms. The monoisotopic (exact) mass is 555 g/mol. The van der Waals surface area contributed by atoms with Crippen LogP contribution in [0.2, 0.25) is 0 Å². The molecule has 0 atom stereocenters. The number of nitrogens with zero attached hydrogens (tertiary/aromatic N) is 4. The Morgan fingerprint density at radius 2 is 1.69 bits per heavy atom. The second-order valence-corrected chi connectivity index (χ2v) is 7.61. The number of hydrogen-bond acceptors (Lipinski definition) is 4. The quantitative estimate of drug-likeness (QED) is 0.260. The molecule has 0 saturated carbocycles. The number of halogens is 1. The first kappa shape index (κ1) is 28.0. The summed E-state index contributed by atoms with van der Waals surface area (Å²) in [6.45, 7) is 10.6. The minimum absolute atomic E-state index is 0. The number of furan rings is 1. The fourth-order valence-corrected chi connectivity index (χ4v) is 3.47. The van der Waals surface area contributed by atoms with Gasteiger partial charge >= 0.3 is 0 Å². The molecule has 0 saturated heterocycles. The molecule has 1 N–H and O–H groups in total. The second-order valence-electron chi connectivity index (χ2n) is 7.61. The van der Waals surface area contributed by atoms with Gasteiger partial charge in [-0.2, -0.15) is 0 Å². The molecule has 0 unspecified atom stereocenters. The van der Waals surface area contributed by atoms with Gasteiger partial charge in [-0.3, -0.25) is 9.69 Å². The Kier molecular flexibility index (Phi) is 13.0. The molecule has 0 aliphatic carbocycles. The fourth-order valence-electron chi connectivity index (χ4n) is 3.47. The van der Waals surface area contributed by atoms with Crippen molar-refractivity contribution in [2.75, 3.05) is 40.3 Å². The molecule has 0 aliphatic heterocycles. The molecular formula is C24H38IN5O2. The van der Waals surface area contributed by atoms with Gasteiger partial charge in [0.15, 0.2) is 5.96 Å². The van der Waals surface area contributed by atoms with Crippen LogP contribution >= 0.6 is 24.0 Å². The van der Waals surface area contributed by atoms with Crippen LogP contribution in [0.1, 0.15) is 37.7 Å². The van der Waals surface area contributed by atoms with E-state index in [-0.39, 0.29) is 29.9 Å². The zero-order valence-corrected chi connectivity index (χ0v) is 22.3. The number of carbonyl (C=O) groups is 1. The number of amides is 1. The van der Waals surface area contributed by atoms with E-state index in [2.05, 4.69) is 35.5 Å². The summed E-state index contributed by atoms with van der Waals surface area (Å²) in [4.78, 5) is 23.3. The second kappa shape index (κ2) is 14.9. The van der Waals surface area contributed by atoms with E-state index in [1.165, 1.54) is 11.1 Å². The molecule has 1 amide bonds. The lowest BCUT2D eigenvalue weighted by atomic mass is 10.1. The highest BCUT2D eigenvalue weighted by Crippen LogP contribution is 2.14. The van der Waals surface area contributed by atoms with Crippen LogP contribution in [-0.4, -0.2) is 66.8 Å². The summed E-state index contributed by atoms with van der Waals surface area (Å²) in [7, 11) is 3.99. The summed E-state index contributed by atoms with van der Waals surface area (Å²) in [6, 6.07) is 12.3. The average Bonchev–Trinajstić information content (AvgIpc) is 3.25. The Balaban J connectivity index is 0.00000512. The van der Waals surface area contributed by atoms with Crippen LogP contribution < -0.4 is 5.32 Å². The van der Waals surface area contributed by atoms with Gasteiger partial charge in [-0.1, -0.05) is 24.3 Å². The molecule has 1 aromatic heterocycles. The number of carbonyl (C=O) groups excluding carboxylic acids is 1. The Labute approximate surface area is 209 Å². The highest BCUT2D eigenvalue weighted by Gasteiger charge is 2.15. The van der Waals surface area contributed by atoms with Crippen molar-refractivity contribution in [3.05, 3.63) is 59.5 Å². The minimum Gasteiger partial charge on any atom is -0.468 e. The zero-order valence-electron chi connectivity index (χ0n) is 20.0. The molecule has 0 aliphatic rings. The van der Waals surface area contributed by atoms with Gasteiger partial charge in [0.25, 0.3) is 0 Å². The summed E-state index contributed by atoms with van der Waals surface area (Å²) < 4.78 is 5.46. The van der Waals surface area contributed by atoms with Crippen molar-refractivity contribution >= 4 is 35.8 Å². The standard InChI is InChI=1S/C24H37N5O2.HI/c1-6-25-24(28(5)19-23(30)29(7-2)8-3)26-16-20-12-9-10-13-21(20)17-27(4)18-22-14-11-15-31-22;/h9-15H,6-8,16-19H2,1-5H3,(H,25,26);1H. The Morgan fingerprint density at radius 3 is 2.28 bits per heavy atom. The number of aliphatic imine (C=N–C) groups is 1. The highest BCUT2D eigenvalue weighted by atomic mass is 127. The molecule has 1 heterocycles. The molecule has 178 valence electrons. The number of guanidine groups is 1. The number of hydrogen-bond donors (Lipinski definition) is 1. The van der Waals surface area contributed by atoms with Crippen LogP contribution in [0.4, 0.5) is 0 Å². The normalized spacial score (nSPS) is 11.2. The molecule has 0 fully saturated rings. The van der Waals surface area contributed by atoms with Gasteiger partial charge in [-0.15, -0.1) is 24.0 Å².